The Morgan fingerprint density at radius 1 is 1.36 bits per heavy atom. The Morgan fingerprint density at radius 3 is 2.79 bits per heavy atom. The van der Waals surface area contributed by atoms with E-state index >= 15 is 0 Å². The van der Waals surface area contributed by atoms with Crippen LogP contribution in [0.2, 0.25) is 0 Å². The molecule has 0 saturated carbocycles. The van der Waals surface area contributed by atoms with Gasteiger partial charge in [-0.2, -0.15) is 0 Å². The molecule has 0 unspecified atom stereocenters. The van der Waals surface area contributed by atoms with E-state index in [1.807, 2.05) is 18.4 Å². The van der Waals surface area contributed by atoms with Crippen molar-refractivity contribution in [1.29, 1.82) is 0 Å². The lowest BCUT2D eigenvalue weighted by molar-refractivity contribution is 0.310. The predicted octanol–water partition coefficient (Wildman–Crippen LogP) is 3.16. The minimum atomic E-state index is 0.445. The molecule has 1 aromatic carbocycles. The van der Waals surface area contributed by atoms with Crippen molar-refractivity contribution < 1.29 is 9.53 Å². The maximum atomic E-state index is 9.94. The van der Waals surface area contributed by atoms with Gasteiger partial charge in [0.1, 0.15) is 5.75 Å². The Kier molecular flexibility index (Phi) is 5.76. The molecule has 2 nitrogen and oxygen atoms in total. The van der Waals surface area contributed by atoms with Crippen molar-refractivity contribution in [3.05, 3.63) is 25.3 Å². The molecule has 0 amide bonds. The molecule has 0 aliphatic rings. The molecule has 1 radical (unpaired) electrons. The van der Waals surface area contributed by atoms with E-state index < -0.39 is 0 Å². The number of hydrogen-bond donors (Lipinski definition) is 0. The van der Waals surface area contributed by atoms with E-state index in [0.717, 1.165) is 15.7 Å². The third-order valence-corrected chi connectivity index (χ3v) is 3.09. The van der Waals surface area contributed by atoms with Gasteiger partial charge in [0.05, 0.1) is 10.2 Å². The summed E-state index contributed by atoms with van der Waals surface area (Å²) in [7, 11) is 0. The number of unbranched alkanes of at least 4 members (excludes halogenated alkanes) is 1. The first-order chi connectivity index (χ1) is 6.74. The monoisotopic (exact) mass is 415 g/mol. The fourth-order valence-electron chi connectivity index (χ4n) is 0.919. The largest absolute Gasteiger partial charge is 0.492 e. The number of benzene rings is 1. The Labute approximate surface area is 111 Å². The van der Waals surface area contributed by atoms with Gasteiger partial charge in [-0.1, -0.05) is 0 Å². The van der Waals surface area contributed by atoms with Gasteiger partial charge in [0, 0.05) is 9.99 Å². The van der Waals surface area contributed by atoms with E-state index in [9.17, 15) is 4.79 Å². The second-order valence-corrected chi connectivity index (χ2v) is 5.08. The first-order valence-electron chi connectivity index (χ1n) is 4.17. The summed E-state index contributed by atoms with van der Waals surface area (Å²) < 4.78 is 7.80. The van der Waals surface area contributed by atoms with Crippen molar-refractivity contribution in [2.75, 3.05) is 6.61 Å². The SMILES string of the molecule is O=[C]CCCOc1ccc(I)cc1I. The Hall–Kier alpha value is 0.150. The van der Waals surface area contributed by atoms with Crippen LogP contribution in [0.4, 0.5) is 0 Å². The van der Waals surface area contributed by atoms with Gasteiger partial charge in [-0.15, -0.1) is 0 Å². The van der Waals surface area contributed by atoms with E-state index in [1.54, 1.807) is 0 Å². The van der Waals surface area contributed by atoms with E-state index in [2.05, 4.69) is 51.2 Å². The number of halogens is 2. The molecular weight excluding hydrogens is 406 g/mol. The predicted molar refractivity (Wildman–Crippen MR) is 72.3 cm³/mol. The summed E-state index contributed by atoms with van der Waals surface area (Å²) in [6.07, 6.45) is 3.02. The second-order valence-electron chi connectivity index (χ2n) is 2.67. The van der Waals surface area contributed by atoms with E-state index in [4.69, 9.17) is 4.74 Å². The van der Waals surface area contributed by atoms with Crippen molar-refractivity contribution in [1.82, 2.24) is 0 Å². The van der Waals surface area contributed by atoms with Crippen LogP contribution in [0, 0.1) is 7.14 Å². The summed E-state index contributed by atoms with van der Waals surface area (Å²) >= 11 is 4.50. The molecule has 4 heteroatoms. The lowest BCUT2D eigenvalue weighted by Crippen LogP contribution is -1.99. The minimum absolute atomic E-state index is 0.445. The average Bonchev–Trinajstić information content (AvgIpc) is 2.15. The molecule has 0 saturated heterocycles. The normalized spacial score (nSPS) is 9.86. The summed E-state index contributed by atoms with van der Waals surface area (Å²) in [6.45, 7) is 0.575. The number of hydrogen-bond acceptors (Lipinski definition) is 2. The topological polar surface area (TPSA) is 26.3 Å². The van der Waals surface area contributed by atoms with Crippen molar-refractivity contribution in [2.45, 2.75) is 12.8 Å². The average molecular weight is 415 g/mol. The lowest BCUT2D eigenvalue weighted by atomic mass is 10.3. The summed E-state index contributed by atoms with van der Waals surface area (Å²) in [5, 5.41) is 0. The van der Waals surface area contributed by atoms with Gasteiger partial charge in [-0.25, -0.2) is 0 Å². The number of carbonyl (C=O) groups excluding carboxylic acids is 1. The van der Waals surface area contributed by atoms with Gasteiger partial charge in [0.15, 0.2) is 6.29 Å². The molecule has 1 rings (SSSR count). The van der Waals surface area contributed by atoms with Crippen LogP contribution in [0.25, 0.3) is 0 Å². The Bertz CT molecular complexity index is 313. The number of ether oxygens (including phenoxy) is 1. The van der Waals surface area contributed by atoms with Gasteiger partial charge < -0.3 is 4.74 Å². The fourth-order valence-corrected chi connectivity index (χ4v) is 2.68. The quantitative estimate of drug-likeness (QED) is 0.546. The van der Waals surface area contributed by atoms with Crippen LogP contribution in [0.5, 0.6) is 5.75 Å². The highest BCUT2D eigenvalue weighted by atomic mass is 127. The number of rotatable bonds is 5. The van der Waals surface area contributed by atoms with Crippen molar-refractivity contribution in [2.24, 2.45) is 0 Å². The summed E-state index contributed by atoms with van der Waals surface area (Å²) in [6, 6.07) is 6.01. The Morgan fingerprint density at radius 2 is 2.14 bits per heavy atom. The molecule has 0 bridgehead atoms. The highest BCUT2D eigenvalue weighted by molar-refractivity contribution is 14.1. The van der Waals surface area contributed by atoms with E-state index in [-0.39, 0.29) is 0 Å². The van der Waals surface area contributed by atoms with Crippen molar-refractivity contribution >= 4 is 51.5 Å². The molecule has 14 heavy (non-hydrogen) atoms. The molecular formula is C10H9I2O2. The van der Waals surface area contributed by atoms with Gasteiger partial charge >= 0.3 is 0 Å². The third kappa shape index (κ3) is 4.12. The van der Waals surface area contributed by atoms with Crippen LogP contribution < -0.4 is 4.74 Å². The second kappa shape index (κ2) is 6.60. The first-order valence-corrected chi connectivity index (χ1v) is 6.32. The molecule has 0 spiro atoms. The zero-order chi connectivity index (χ0) is 10.4. The molecule has 0 heterocycles. The molecule has 75 valence electrons. The van der Waals surface area contributed by atoms with Crippen LogP contribution in [0.15, 0.2) is 18.2 Å². The highest BCUT2D eigenvalue weighted by Crippen LogP contribution is 2.22. The van der Waals surface area contributed by atoms with Crippen LogP contribution in [-0.4, -0.2) is 12.9 Å². The molecule has 0 fully saturated rings. The standard InChI is InChI=1S/C10H9I2O2/c11-8-3-4-10(9(12)7-8)14-6-2-1-5-13/h3-4,7H,1-2,6H2. The zero-order valence-corrected chi connectivity index (χ0v) is 11.7. The molecule has 0 atom stereocenters. The van der Waals surface area contributed by atoms with Crippen LogP contribution in [-0.2, 0) is 4.79 Å². The third-order valence-electron chi connectivity index (χ3n) is 1.57. The van der Waals surface area contributed by atoms with Crippen molar-refractivity contribution in [3.63, 3.8) is 0 Å². The first kappa shape index (κ1) is 12.2. The smallest absolute Gasteiger partial charge is 0.198 e. The van der Waals surface area contributed by atoms with Crippen molar-refractivity contribution in [3.8, 4) is 5.75 Å². The van der Waals surface area contributed by atoms with Crippen LogP contribution >= 0.6 is 45.2 Å². The van der Waals surface area contributed by atoms with E-state index in [0.29, 0.717) is 13.0 Å². The lowest BCUT2D eigenvalue weighted by Gasteiger charge is -2.07. The summed E-state index contributed by atoms with van der Waals surface area (Å²) in [5.41, 5.74) is 0. The minimum Gasteiger partial charge on any atom is -0.492 e. The summed E-state index contributed by atoms with van der Waals surface area (Å²) in [5.74, 6) is 0.886. The van der Waals surface area contributed by atoms with Gasteiger partial charge in [0.25, 0.3) is 0 Å². The van der Waals surface area contributed by atoms with Gasteiger partial charge in [0.2, 0.25) is 0 Å². The molecule has 1 aromatic rings. The molecule has 0 aromatic heterocycles. The van der Waals surface area contributed by atoms with E-state index in [1.165, 1.54) is 3.57 Å². The Balaban J connectivity index is 2.46. The summed E-state index contributed by atoms with van der Waals surface area (Å²) in [4.78, 5) is 9.94. The molecule has 0 aliphatic carbocycles. The highest BCUT2D eigenvalue weighted by Gasteiger charge is 2.00. The van der Waals surface area contributed by atoms with Crippen LogP contribution in [0.3, 0.4) is 0 Å². The maximum Gasteiger partial charge on any atom is 0.198 e. The molecule has 0 aliphatic heterocycles. The van der Waals surface area contributed by atoms with Gasteiger partial charge in [-0.3, -0.25) is 4.79 Å². The molecule has 0 N–H and O–H groups in total. The fraction of sp³-hybridized carbons (Fsp3) is 0.300. The maximum absolute atomic E-state index is 9.94. The van der Waals surface area contributed by atoms with Gasteiger partial charge in [-0.05, 0) is 69.8 Å². The zero-order valence-electron chi connectivity index (χ0n) is 7.43. The van der Waals surface area contributed by atoms with Crippen LogP contribution in [0.1, 0.15) is 12.8 Å².